The van der Waals surface area contributed by atoms with E-state index in [1.165, 1.54) is 12.0 Å². The Kier molecular flexibility index (Phi) is 4.23. The van der Waals surface area contributed by atoms with Gasteiger partial charge in [-0.1, -0.05) is 28.1 Å². The van der Waals surface area contributed by atoms with Crippen LogP contribution in [0, 0.1) is 5.41 Å². The second-order valence-corrected chi connectivity index (χ2v) is 6.22. The first-order valence-electron chi connectivity index (χ1n) is 6.17. The Morgan fingerprint density at radius 3 is 2.65 bits per heavy atom. The summed E-state index contributed by atoms with van der Waals surface area (Å²) in [6, 6.07) is 8.45. The Morgan fingerprint density at radius 1 is 1.35 bits per heavy atom. The van der Waals surface area contributed by atoms with Crippen LogP contribution in [0.5, 0.6) is 0 Å². The molecule has 1 aromatic carbocycles. The normalized spacial score (nSPS) is 26.1. The van der Waals surface area contributed by atoms with Crippen LogP contribution in [0.3, 0.4) is 0 Å². The summed E-state index contributed by atoms with van der Waals surface area (Å²) >= 11 is 3.45. The minimum absolute atomic E-state index is 0.0564. The Labute approximate surface area is 112 Å². The lowest BCUT2D eigenvalue weighted by atomic mass is 9.76. The maximum Gasteiger partial charge on any atom is 0.0502 e. The molecule has 17 heavy (non-hydrogen) atoms. The summed E-state index contributed by atoms with van der Waals surface area (Å²) in [5, 5.41) is 9.74. The monoisotopic (exact) mass is 297 g/mol. The molecule has 1 aromatic rings. The first-order chi connectivity index (χ1) is 8.13. The number of likely N-dealkylation sites (tertiary alicyclic amines) is 1. The number of halogens is 1. The molecular weight excluding hydrogens is 278 g/mol. The summed E-state index contributed by atoms with van der Waals surface area (Å²) < 4.78 is 1.11. The maximum atomic E-state index is 9.74. The number of hydrogen-bond donors (Lipinski definition) is 1. The van der Waals surface area contributed by atoms with Crippen molar-refractivity contribution >= 4 is 15.9 Å². The van der Waals surface area contributed by atoms with Crippen LogP contribution in [-0.2, 0) is 6.42 Å². The van der Waals surface area contributed by atoms with Gasteiger partial charge in [0.25, 0.3) is 0 Å². The molecule has 1 heterocycles. The van der Waals surface area contributed by atoms with Crippen LogP contribution in [0.4, 0.5) is 0 Å². The fourth-order valence-corrected chi connectivity index (χ4v) is 3.08. The average Bonchev–Trinajstić information content (AvgIpc) is 2.32. The van der Waals surface area contributed by atoms with Gasteiger partial charge in [-0.25, -0.2) is 0 Å². The van der Waals surface area contributed by atoms with Crippen LogP contribution in [0.25, 0.3) is 0 Å². The van der Waals surface area contributed by atoms with E-state index in [2.05, 4.69) is 52.1 Å². The molecule has 1 aliphatic heterocycles. The third kappa shape index (κ3) is 3.30. The topological polar surface area (TPSA) is 23.5 Å². The average molecular weight is 298 g/mol. The first kappa shape index (κ1) is 13.1. The summed E-state index contributed by atoms with van der Waals surface area (Å²) in [6.07, 6.45) is 3.29. The molecule has 0 aromatic heterocycles. The lowest BCUT2D eigenvalue weighted by molar-refractivity contribution is 0.0439. The molecule has 1 saturated heterocycles. The fourth-order valence-electron chi connectivity index (χ4n) is 2.82. The number of hydrogen-bond acceptors (Lipinski definition) is 2. The highest BCUT2D eigenvalue weighted by Crippen LogP contribution is 2.33. The van der Waals surface area contributed by atoms with Crippen molar-refractivity contribution in [3.05, 3.63) is 34.3 Å². The Hall–Kier alpha value is -0.380. The van der Waals surface area contributed by atoms with Gasteiger partial charge >= 0.3 is 0 Å². The number of piperidine rings is 1. The standard InChI is InChI=1S/C14H20BrNO/c1-16-8-2-7-14(10-16,11-17)9-12-3-5-13(15)6-4-12/h3-6,17H,2,7-11H2,1H3. The molecule has 1 atom stereocenters. The Morgan fingerprint density at radius 2 is 2.06 bits per heavy atom. The van der Waals surface area contributed by atoms with Crippen molar-refractivity contribution in [2.24, 2.45) is 5.41 Å². The van der Waals surface area contributed by atoms with Crippen LogP contribution in [-0.4, -0.2) is 36.8 Å². The predicted octanol–water partition coefficient (Wildman–Crippen LogP) is 2.70. The van der Waals surface area contributed by atoms with Crippen LogP contribution < -0.4 is 0 Å². The van der Waals surface area contributed by atoms with Crippen molar-refractivity contribution in [2.45, 2.75) is 19.3 Å². The SMILES string of the molecule is CN1CCCC(CO)(Cc2ccc(Br)cc2)C1. The van der Waals surface area contributed by atoms with Crippen molar-refractivity contribution in [2.75, 3.05) is 26.7 Å². The Balaban J connectivity index is 2.10. The molecule has 2 rings (SSSR count). The van der Waals surface area contributed by atoms with Crippen molar-refractivity contribution < 1.29 is 5.11 Å². The van der Waals surface area contributed by atoms with Crippen molar-refractivity contribution in [1.29, 1.82) is 0 Å². The summed E-state index contributed by atoms with van der Waals surface area (Å²) in [7, 11) is 2.14. The van der Waals surface area contributed by atoms with E-state index >= 15 is 0 Å². The summed E-state index contributed by atoms with van der Waals surface area (Å²) in [5.41, 5.74) is 1.37. The molecule has 0 spiro atoms. The van der Waals surface area contributed by atoms with Crippen LogP contribution in [0.1, 0.15) is 18.4 Å². The van der Waals surface area contributed by atoms with E-state index in [4.69, 9.17) is 0 Å². The second-order valence-electron chi connectivity index (χ2n) is 5.30. The molecule has 1 unspecified atom stereocenters. The smallest absolute Gasteiger partial charge is 0.0502 e. The molecule has 0 bridgehead atoms. The lowest BCUT2D eigenvalue weighted by Gasteiger charge is -2.40. The second kappa shape index (κ2) is 5.51. The van der Waals surface area contributed by atoms with Crippen LogP contribution in [0.15, 0.2) is 28.7 Å². The zero-order valence-electron chi connectivity index (χ0n) is 10.3. The van der Waals surface area contributed by atoms with Gasteiger partial charge in [-0.05, 0) is 50.6 Å². The van der Waals surface area contributed by atoms with E-state index in [-0.39, 0.29) is 12.0 Å². The molecule has 1 N–H and O–H groups in total. The molecule has 1 fully saturated rings. The number of aliphatic hydroxyl groups excluding tert-OH is 1. The molecule has 0 amide bonds. The number of aliphatic hydroxyl groups is 1. The van der Waals surface area contributed by atoms with E-state index in [9.17, 15) is 5.11 Å². The molecule has 0 radical (unpaired) electrons. The highest BCUT2D eigenvalue weighted by Gasteiger charge is 2.33. The molecule has 2 nitrogen and oxygen atoms in total. The van der Waals surface area contributed by atoms with Gasteiger partial charge in [0.15, 0.2) is 0 Å². The third-order valence-corrected chi connectivity index (χ3v) is 4.21. The van der Waals surface area contributed by atoms with E-state index in [1.54, 1.807) is 0 Å². The third-order valence-electron chi connectivity index (χ3n) is 3.68. The van der Waals surface area contributed by atoms with Crippen LogP contribution in [0.2, 0.25) is 0 Å². The Bertz CT molecular complexity index is 365. The summed E-state index contributed by atoms with van der Waals surface area (Å²) in [4.78, 5) is 2.33. The fraction of sp³-hybridized carbons (Fsp3) is 0.571. The van der Waals surface area contributed by atoms with E-state index in [1.807, 2.05) is 0 Å². The highest BCUT2D eigenvalue weighted by atomic mass is 79.9. The quantitative estimate of drug-likeness (QED) is 0.927. The maximum absolute atomic E-state index is 9.74. The van der Waals surface area contributed by atoms with Gasteiger partial charge in [0.2, 0.25) is 0 Å². The van der Waals surface area contributed by atoms with E-state index < -0.39 is 0 Å². The van der Waals surface area contributed by atoms with Gasteiger partial charge in [-0.15, -0.1) is 0 Å². The summed E-state index contributed by atoms with van der Waals surface area (Å²) in [6.45, 7) is 2.44. The first-order valence-corrected chi connectivity index (χ1v) is 6.97. The molecule has 0 saturated carbocycles. The van der Waals surface area contributed by atoms with Gasteiger partial charge in [0, 0.05) is 16.4 Å². The largest absolute Gasteiger partial charge is 0.396 e. The zero-order chi connectivity index (χ0) is 12.3. The minimum atomic E-state index is 0.0564. The van der Waals surface area contributed by atoms with Crippen molar-refractivity contribution in [3.8, 4) is 0 Å². The van der Waals surface area contributed by atoms with Crippen molar-refractivity contribution in [3.63, 3.8) is 0 Å². The molecule has 1 aliphatic rings. The van der Waals surface area contributed by atoms with Gasteiger partial charge in [-0.3, -0.25) is 0 Å². The van der Waals surface area contributed by atoms with Crippen LogP contribution >= 0.6 is 15.9 Å². The van der Waals surface area contributed by atoms with Gasteiger partial charge < -0.3 is 10.0 Å². The predicted molar refractivity (Wildman–Crippen MR) is 74.1 cm³/mol. The molecule has 94 valence electrons. The van der Waals surface area contributed by atoms with Crippen molar-refractivity contribution in [1.82, 2.24) is 4.90 Å². The molecule has 0 aliphatic carbocycles. The molecular formula is C14H20BrNO. The van der Waals surface area contributed by atoms with Gasteiger partial charge in [-0.2, -0.15) is 0 Å². The molecule has 3 heteroatoms. The number of rotatable bonds is 3. The minimum Gasteiger partial charge on any atom is -0.396 e. The highest BCUT2D eigenvalue weighted by molar-refractivity contribution is 9.10. The van der Waals surface area contributed by atoms with Gasteiger partial charge in [0.05, 0.1) is 6.61 Å². The lowest BCUT2D eigenvalue weighted by Crippen LogP contribution is -2.44. The van der Waals surface area contributed by atoms with E-state index in [0.717, 1.165) is 30.4 Å². The number of nitrogens with zero attached hydrogens (tertiary/aromatic N) is 1. The van der Waals surface area contributed by atoms with E-state index in [0.29, 0.717) is 0 Å². The number of benzene rings is 1. The zero-order valence-corrected chi connectivity index (χ0v) is 11.9. The summed E-state index contributed by atoms with van der Waals surface area (Å²) in [5.74, 6) is 0. The van der Waals surface area contributed by atoms with Gasteiger partial charge in [0.1, 0.15) is 0 Å².